The van der Waals surface area contributed by atoms with Crippen molar-refractivity contribution in [2.75, 3.05) is 31.1 Å². The minimum atomic E-state index is -3.54. The van der Waals surface area contributed by atoms with Gasteiger partial charge in [0.15, 0.2) is 5.82 Å². The van der Waals surface area contributed by atoms with Crippen LogP contribution in [0.2, 0.25) is 0 Å². The van der Waals surface area contributed by atoms with Gasteiger partial charge in [-0.25, -0.2) is 18.4 Å². The summed E-state index contributed by atoms with van der Waals surface area (Å²) < 4.78 is 26.9. The predicted octanol–water partition coefficient (Wildman–Crippen LogP) is 0.706. The fraction of sp³-hybridized carbons (Fsp3) is 0.235. The third-order valence-corrected chi connectivity index (χ3v) is 7.11. The number of sulfonamides is 1. The van der Waals surface area contributed by atoms with Crippen LogP contribution in [0.1, 0.15) is 5.82 Å². The maximum atomic E-state index is 12.7. The van der Waals surface area contributed by atoms with Gasteiger partial charge in [0, 0.05) is 32.3 Å². The Bertz CT molecular complexity index is 1080. The van der Waals surface area contributed by atoms with E-state index in [1.54, 1.807) is 30.3 Å². The topological polar surface area (TPSA) is 125 Å². The molecule has 0 aliphatic carbocycles. The molecule has 2 fully saturated rings. The first kappa shape index (κ1) is 19.5. The standard InChI is InChI=1S/C17H16N6O4S2/c24-15-13(28-17(25)21-15)10-14-18-11-19-16(20-14)22-6-8-23(9-7-22)29(26,27)12-4-2-1-3-5-12/h1-5,10-11H,6-9H2,(H,21,24,25)/b13-10+. The van der Waals surface area contributed by atoms with Gasteiger partial charge < -0.3 is 4.90 Å². The molecule has 0 atom stereocenters. The predicted molar refractivity (Wildman–Crippen MR) is 106 cm³/mol. The Morgan fingerprint density at radius 2 is 1.76 bits per heavy atom. The van der Waals surface area contributed by atoms with Crippen molar-refractivity contribution in [3.63, 3.8) is 0 Å². The van der Waals surface area contributed by atoms with Crippen molar-refractivity contribution in [2.45, 2.75) is 4.90 Å². The number of nitrogens with one attached hydrogen (secondary N) is 1. The normalized spacial score (nSPS) is 19.6. The molecule has 3 heterocycles. The van der Waals surface area contributed by atoms with Crippen LogP contribution in [0.5, 0.6) is 0 Å². The highest BCUT2D eigenvalue weighted by Crippen LogP contribution is 2.25. The molecule has 0 spiro atoms. The molecule has 2 amide bonds. The van der Waals surface area contributed by atoms with E-state index < -0.39 is 21.2 Å². The molecule has 150 valence electrons. The van der Waals surface area contributed by atoms with Crippen LogP contribution in [0.3, 0.4) is 0 Å². The van der Waals surface area contributed by atoms with Gasteiger partial charge in [-0.1, -0.05) is 18.2 Å². The Kier molecular flexibility index (Phi) is 5.30. The molecule has 4 rings (SSSR count). The molecule has 0 unspecified atom stereocenters. The van der Waals surface area contributed by atoms with Gasteiger partial charge in [-0.2, -0.15) is 9.29 Å². The molecule has 2 saturated heterocycles. The zero-order valence-corrected chi connectivity index (χ0v) is 16.7. The Balaban J connectivity index is 1.46. The summed E-state index contributed by atoms with van der Waals surface area (Å²) in [6.45, 7) is 1.43. The molecule has 12 heteroatoms. The second-order valence-corrected chi connectivity index (χ2v) is 9.15. The first-order chi connectivity index (χ1) is 13.9. The Hall–Kier alpha value is -2.83. The number of carbonyl (C=O) groups excluding carboxylic acids is 2. The first-order valence-corrected chi connectivity index (χ1v) is 10.9. The van der Waals surface area contributed by atoms with Crippen molar-refractivity contribution in [2.24, 2.45) is 0 Å². The fourth-order valence-electron chi connectivity index (χ4n) is 2.93. The summed E-state index contributed by atoms with van der Waals surface area (Å²) in [5.74, 6) is 0.154. The van der Waals surface area contributed by atoms with E-state index in [0.717, 1.165) is 11.8 Å². The lowest BCUT2D eigenvalue weighted by molar-refractivity contribution is -0.115. The number of imide groups is 1. The van der Waals surface area contributed by atoms with Crippen LogP contribution < -0.4 is 10.2 Å². The lowest BCUT2D eigenvalue weighted by Gasteiger charge is -2.33. The first-order valence-electron chi connectivity index (χ1n) is 8.67. The molecule has 29 heavy (non-hydrogen) atoms. The lowest BCUT2D eigenvalue weighted by atomic mass is 10.4. The van der Waals surface area contributed by atoms with Crippen molar-refractivity contribution >= 4 is 45.0 Å². The van der Waals surface area contributed by atoms with E-state index in [1.165, 1.54) is 16.7 Å². The van der Waals surface area contributed by atoms with Crippen molar-refractivity contribution in [1.82, 2.24) is 24.6 Å². The number of amides is 2. The number of benzene rings is 1. The zero-order valence-electron chi connectivity index (χ0n) is 15.1. The number of thioether (sulfide) groups is 1. The highest BCUT2D eigenvalue weighted by molar-refractivity contribution is 8.18. The monoisotopic (exact) mass is 432 g/mol. The fourth-order valence-corrected chi connectivity index (χ4v) is 5.02. The van der Waals surface area contributed by atoms with Crippen molar-refractivity contribution in [3.05, 3.63) is 47.4 Å². The van der Waals surface area contributed by atoms with Gasteiger partial charge in [-0.05, 0) is 23.9 Å². The molecule has 2 aliphatic rings. The minimum absolute atomic E-state index is 0.214. The Labute approximate surface area is 171 Å². The lowest BCUT2D eigenvalue weighted by Crippen LogP contribution is -2.49. The number of rotatable bonds is 4. The van der Waals surface area contributed by atoms with Gasteiger partial charge in [-0.3, -0.25) is 14.9 Å². The van der Waals surface area contributed by atoms with Gasteiger partial charge in [0.2, 0.25) is 16.0 Å². The number of carbonyl (C=O) groups is 2. The maximum Gasteiger partial charge on any atom is 0.290 e. The largest absolute Gasteiger partial charge is 0.338 e. The summed E-state index contributed by atoms with van der Waals surface area (Å²) in [5.41, 5.74) is 0. The molecule has 2 aliphatic heterocycles. The van der Waals surface area contributed by atoms with E-state index in [0.29, 0.717) is 32.1 Å². The minimum Gasteiger partial charge on any atom is -0.338 e. The Morgan fingerprint density at radius 3 is 2.41 bits per heavy atom. The number of anilines is 1. The highest BCUT2D eigenvalue weighted by atomic mass is 32.2. The van der Waals surface area contributed by atoms with Crippen LogP contribution in [0.15, 0.2) is 46.5 Å². The SMILES string of the molecule is O=C1NC(=O)/C(=C\c2ncnc(N3CCN(S(=O)(=O)c4ccccc4)CC3)n2)S1. The van der Waals surface area contributed by atoms with E-state index in [4.69, 9.17) is 0 Å². The molecular formula is C17H16N6O4S2. The number of aromatic nitrogens is 3. The second-order valence-electron chi connectivity index (χ2n) is 6.20. The number of hydrogen-bond donors (Lipinski definition) is 1. The van der Waals surface area contributed by atoms with E-state index >= 15 is 0 Å². The summed E-state index contributed by atoms with van der Waals surface area (Å²) in [6, 6.07) is 8.32. The summed E-state index contributed by atoms with van der Waals surface area (Å²) in [7, 11) is -3.54. The molecule has 2 aromatic rings. The molecule has 0 radical (unpaired) electrons. The number of nitrogens with zero attached hydrogens (tertiary/aromatic N) is 5. The Morgan fingerprint density at radius 1 is 1.03 bits per heavy atom. The van der Waals surface area contributed by atoms with Crippen LogP contribution in [0.4, 0.5) is 10.7 Å². The van der Waals surface area contributed by atoms with Crippen LogP contribution in [-0.2, 0) is 14.8 Å². The van der Waals surface area contributed by atoms with Crippen molar-refractivity contribution < 1.29 is 18.0 Å². The van der Waals surface area contributed by atoms with E-state index in [1.807, 2.05) is 4.90 Å². The van der Waals surface area contributed by atoms with Crippen LogP contribution in [-0.4, -0.2) is 65.0 Å². The zero-order chi connectivity index (χ0) is 20.4. The quantitative estimate of drug-likeness (QED) is 0.695. The van der Waals surface area contributed by atoms with E-state index in [9.17, 15) is 18.0 Å². The molecule has 1 N–H and O–H groups in total. The summed E-state index contributed by atoms with van der Waals surface area (Å²) in [6.07, 6.45) is 2.74. The summed E-state index contributed by atoms with van der Waals surface area (Å²) in [5, 5.41) is 1.73. The highest BCUT2D eigenvalue weighted by Gasteiger charge is 2.29. The van der Waals surface area contributed by atoms with Crippen molar-refractivity contribution in [1.29, 1.82) is 0 Å². The summed E-state index contributed by atoms with van der Waals surface area (Å²) >= 11 is 0.785. The number of hydrogen-bond acceptors (Lipinski definition) is 9. The van der Waals surface area contributed by atoms with E-state index in [2.05, 4.69) is 20.3 Å². The maximum absolute atomic E-state index is 12.7. The molecule has 1 aromatic carbocycles. The van der Waals surface area contributed by atoms with Gasteiger partial charge >= 0.3 is 0 Å². The third-order valence-electron chi connectivity index (χ3n) is 4.38. The van der Waals surface area contributed by atoms with Crippen LogP contribution in [0, 0.1) is 0 Å². The third kappa shape index (κ3) is 4.13. The van der Waals surface area contributed by atoms with Crippen LogP contribution >= 0.6 is 11.8 Å². The van der Waals surface area contributed by atoms with Gasteiger partial charge in [0.1, 0.15) is 6.33 Å². The van der Waals surface area contributed by atoms with Crippen molar-refractivity contribution in [3.8, 4) is 0 Å². The van der Waals surface area contributed by atoms with E-state index in [-0.39, 0.29) is 15.6 Å². The average molecular weight is 432 g/mol. The van der Waals surface area contributed by atoms with Gasteiger partial charge in [0.25, 0.3) is 11.1 Å². The van der Waals surface area contributed by atoms with Gasteiger partial charge in [-0.15, -0.1) is 0 Å². The number of piperazine rings is 1. The average Bonchev–Trinajstić information content (AvgIpc) is 3.05. The molecule has 0 saturated carbocycles. The van der Waals surface area contributed by atoms with Gasteiger partial charge in [0.05, 0.1) is 9.80 Å². The molecule has 0 bridgehead atoms. The molecule has 1 aromatic heterocycles. The molecule has 10 nitrogen and oxygen atoms in total. The smallest absolute Gasteiger partial charge is 0.290 e. The second kappa shape index (κ2) is 7.89. The molecular weight excluding hydrogens is 416 g/mol. The summed E-state index contributed by atoms with van der Waals surface area (Å²) in [4.78, 5) is 37.7. The van der Waals surface area contributed by atoms with Crippen LogP contribution in [0.25, 0.3) is 6.08 Å².